The van der Waals surface area contributed by atoms with Crippen LogP contribution in [0.15, 0.2) is 12.1 Å². The van der Waals surface area contributed by atoms with Crippen molar-refractivity contribution in [2.75, 3.05) is 25.0 Å². The zero-order valence-electron chi connectivity index (χ0n) is 12.5. The van der Waals surface area contributed by atoms with E-state index in [0.717, 1.165) is 26.0 Å². The topological polar surface area (TPSA) is 63.2 Å². The molecule has 5 nitrogen and oxygen atoms in total. The van der Waals surface area contributed by atoms with Crippen LogP contribution in [0.1, 0.15) is 37.0 Å². The van der Waals surface area contributed by atoms with Gasteiger partial charge in [0.15, 0.2) is 0 Å². The first-order valence-corrected chi connectivity index (χ1v) is 7.79. The highest BCUT2D eigenvalue weighted by Crippen LogP contribution is 2.20. The molecule has 0 saturated carbocycles. The number of amides is 1. The fourth-order valence-electron chi connectivity index (χ4n) is 2.34. The van der Waals surface area contributed by atoms with Crippen LogP contribution in [-0.2, 0) is 4.74 Å². The molecule has 116 valence electrons. The summed E-state index contributed by atoms with van der Waals surface area (Å²) in [5.41, 5.74) is 0.528. The molecule has 1 saturated heterocycles. The van der Waals surface area contributed by atoms with Gasteiger partial charge < -0.3 is 15.4 Å². The normalized spacial score (nSPS) is 21.3. The number of pyridine rings is 1. The lowest BCUT2D eigenvalue weighted by molar-refractivity contribution is 0.0907. The van der Waals surface area contributed by atoms with Crippen LogP contribution in [-0.4, -0.2) is 36.7 Å². The number of aromatic nitrogens is 1. The summed E-state index contributed by atoms with van der Waals surface area (Å²) in [4.78, 5) is 16.4. The highest BCUT2D eigenvalue weighted by Gasteiger charge is 2.24. The number of ether oxygens (including phenoxy) is 1. The van der Waals surface area contributed by atoms with Crippen molar-refractivity contribution in [3.63, 3.8) is 0 Å². The lowest BCUT2D eigenvalue weighted by Gasteiger charge is -2.15. The predicted octanol–water partition coefficient (Wildman–Crippen LogP) is 2.71. The summed E-state index contributed by atoms with van der Waals surface area (Å²) < 4.78 is 5.49. The van der Waals surface area contributed by atoms with Crippen molar-refractivity contribution < 1.29 is 9.53 Å². The smallest absolute Gasteiger partial charge is 0.251 e. The standard InChI is InChI=1S/C15H22ClN3O2/c1-3-5-17-14-8-12(7-13(16)19-14)15(20)18-9-11-4-6-21-10(11)2/h7-8,10-11H,3-6,9H2,1-2H3,(H,17,19)(H,18,20). The Morgan fingerprint density at radius 3 is 3.00 bits per heavy atom. The fraction of sp³-hybridized carbons (Fsp3) is 0.600. The van der Waals surface area contributed by atoms with Gasteiger partial charge in [-0.05, 0) is 31.9 Å². The molecular formula is C15H22ClN3O2. The molecule has 0 aliphatic carbocycles. The van der Waals surface area contributed by atoms with Gasteiger partial charge in [-0.3, -0.25) is 4.79 Å². The highest BCUT2D eigenvalue weighted by molar-refractivity contribution is 6.29. The Morgan fingerprint density at radius 1 is 1.52 bits per heavy atom. The molecular weight excluding hydrogens is 290 g/mol. The average molecular weight is 312 g/mol. The van der Waals surface area contributed by atoms with Crippen LogP contribution in [0.5, 0.6) is 0 Å². The Balaban J connectivity index is 1.96. The van der Waals surface area contributed by atoms with Gasteiger partial charge in [-0.15, -0.1) is 0 Å². The van der Waals surface area contributed by atoms with Gasteiger partial charge in [0.05, 0.1) is 6.10 Å². The first kappa shape index (κ1) is 16.0. The molecule has 1 aliphatic heterocycles. The molecule has 0 bridgehead atoms. The van der Waals surface area contributed by atoms with Crippen LogP contribution in [0.25, 0.3) is 0 Å². The van der Waals surface area contributed by atoms with Gasteiger partial charge >= 0.3 is 0 Å². The molecule has 6 heteroatoms. The van der Waals surface area contributed by atoms with Crippen molar-refractivity contribution >= 4 is 23.3 Å². The van der Waals surface area contributed by atoms with Crippen molar-refractivity contribution in [2.45, 2.75) is 32.8 Å². The zero-order valence-corrected chi connectivity index (χ0v) is 13.2. The van der Waals surface area contributed by atoms with Crippen molar-refractivity contribution in [1.29, 1.82) is 0 Å². The first-order valence-electron chi connectivity index (χ1n) is 7.41. The molecule has 1 amide bonds. The van der Waals surface area contributed by atoms with Gasteiger partial charge in [0.1, 0.15) is 11.0 Å². The lowest BCUT2D eigenvalue weighted by atomic mass is 10.0. The summed E-state index contributed by atoms with van der Waals surface area (Å²) in [5.74, 6) is 0.883. The molecule has 1 aliphatic rings. The van der Waals surface area contributed by atoms with E-state index in [0.29, 0.717) is 29.0 Å². The molecule has 1 fully saturated rings. The summed E-state index contributed by atoms with van der Waals surface area (Å²) in [6.07, 6.45) is 2.17. The highest BCUT2D eigenvalue weighted by atomic mass is 35.5. The second kappa shape index (κ2) is 7.61. The third-order valence-corrected chi connectivity index (χ3v) is 3.86. The first-order chi connectivity index (χ1) is 10.1. The third kappa shape index (κ3) is 4.58. The van der Waals surface area contributed by atoms with Gasteiger partial charge in [-0.1, -0.05) is 18.5 Å². The molecule has 1 aromatic rings. The molecule has 0 aromatic carbocycles. The molecule has 21 heavy (non-hydrogen) atoms. The Kier molecular flexibility index (Phi) is 5.82. The van der Waals surface area contributed by atoms with E-state index in [-0.39, 0.29) is 12.0 Å². The van der Waals surface area contributed by atoms with E-state index in [4.69, 9.17) is 16.3 Å². The average Bonchev–Trinajstić information content (AvgIpc) is 2.87. The second-order valence-electron chi connectivity index (χ2n) is 5.33. The largest absolute Gasteiger partial charge is 0.378 e. The van der Waals surface area contributed by atoms with E-state index < -0.39 is 0 Å². The van der Waals surface area contributed by atoms with Crippen LogP contribution in [0.3, 0.4) is 0 Å². The molecule has 0 radical (unpaired) electrons. The van der Waals surface area contributed by atoms with Crippen LogP contribution < -0.4 is 10.6 Å². The zero-order chi connectivity index (χ0) is 15.2. The number of hydrogen-bond acceptors (Lipinski definition) is 4. The quantitative estimate of drug-likeness (QED) is 0.793. The Labute approximate surface area is 130 Å². The molecule has 2 heterocycles. The van der Waals surface area contributed by atoms with E-state index in [1.807, 2.05) is 6.92 Å². The van der Waals surface area contributed by atoms with Crippen molar-refractivity contribution in [3.05, 3.63) is 22.8 Å². The Hall–Kier alpha value is -1.33. The monoisotopic (exact) mass is 311 g/mol. The van der Waals surface area contributed by atoms with Gasteiger partial charge in [-0.25, -0.2) is 4.98 Å². The fourth-order valence-corrected chi connectivity index (χ4v) is 2.55. The molecule has 2 N–H and O–H groups in total. The third-order valence-electron chi connectivity index (χ3n) is 3.67. The maximum atomic E-state index is 12.2. The molecule has 0 spiro atoms. The van der Waals surface area contributed by atoms with E-state index >= 15 is 0 Å². The molecule has 1 aromatic heterocycles. The summed E-state index contributed by atoms with van der Waals surface area (Å²) in [7, 11) is 0. The van der Waals surface area contributed by atoms with E-state index in [1.165, 1.54) is 0 Å². The van der Waals surface area contributed by atoms with Gasteiger partial charge in [-0.2, -0.15) is 0 Å². The van der Waals surface area contributed by atoms with Gasteiger partial charge in [0.2, 0.25) is 0 Å². The molecule has 2 rings (SSSR count). The van der Waals surface area contributed by atoms with Crippen LogP contribution in [0.2, 0.25) is 5.15 Å². The van der Waals surface area contributed by atoms with Crippen molar-refractivity contribution in [2.24, 2.45) is 5.92 Å². The molecule has 2 atom stereocenters. The van der Waals surface area contributed by atoms with Crippen molar-refractivity contribution in [3.8, 4) is 0 Å². The minimum Gasteiger partial charge on any atom is -0.378 e. The Morgan fingerprint density at radius 2 is 2.33 bits per heavy atom. The summed E-state index contributed by atoms with van der Waals surface area (Å²) in [6, 6.07) is 3.31. The van der Waals surface area contributed by atoms with Gasteiger partial charge in [0, 0.05) is 31.2 Å². The number of nitrogens with one attached hydrogen (secondary N) is 2. The number of hydrogen-bond donors (Lipinski definition) is 2. The minimum absolute atomic E-state index is 0.127. The number of rotatable bonds is 6. The molecule has 2 unspecified atom stereocenters. The summed E-state index contributed by atoms with van der Waals surface area (Å²) in [6.45, 7) is 6.30. The number of carbonyl (C=O) groups is 1. The maximum Gasteiger partial charge on any atom is 0.251 e. The predicted molar refractivity (Wildman–Crippen MR) is 83.9 cm³/mol. The number of halogens is 1. The van der Waals surface area contributed by atoms with Crippen LogP contribution in [0.4, 0.5) is 5.82 Å². The van der Waals surface area contributed by atoms with Crippen LogP contribution >= 0.6 is 11.6 Å². The van der Waals surface area contributed by atoms with Crippen molar-refractivity contribution in [1.82, 2.24) is 10.3 Å². The SMILES string of the molecule is CCCNc1cc(C(=O)NCC2CCOC2C)cc(Cl)n1. The maximum absolute atomic E-state index is 12.2. The number of anilines is 1. The number of carbonyl (C=O) groups excluding carboxylic acids is 1. The Bertz CT molecular complexity index is 496. The summed E-state index contributed by atoms with van der Waals surface area (Å²) >= 11 is 5.97. The van der Waals surface area contributed by atoms with E-state index in [9.17, 15) is 4.79 Å². The minimum atomic E-state index is -0.127. The van der Waals surface area contributed by atoms with Gasteiger partial charge in [0.25, 0.3) is 5.91 Å². The van der Waals surface area contributed by atoms with Crippen LogP contribution in [0, 0.1) is 5.92 Å². The van der Waals surface area contributed by atoms with E-state index in [1.54, 1.807) is 12.1 Å². The number of nitrogens with zero attached hydrogens (tertiary/aromatic N) is 1. The lowest BCUT2D eigenvalue weighted by Crippen LogP contribution is -2.32. The summed E-state index contributed by atoms with van der Waals surface area (Å²) in [5, 5.41) is 6.41. The van der Waals surface area contributed by atoms with E-state index in [2.05, 4.69) is 22.5 Å². The second-order valence-corrected chi connectivity index (χ2v) is 5.71.